The first-order valence-electron chi connectivity index (χ1n) is 7.53. The molecule has 0 saturated carbocycles. The number of pyridine rings is 1. The summed E-state index contributed by atoms with van der Waals surface area (Å²) in [6.07, 6.45) is 7.25. The van der Waals surface area contributed by atoms with E-state index in [2.05, 4.69) is 28.8 Å². The molecule has 1 aromatic heterocycles. The predicted octanol–water partition coefficient (Wildman–Crippen LogP) is 2.20. The van der Waals surface area contributed by atoms with Crippen LogP contribution in [0.1, 0.15) is 13.3 Å². The lowest BCUT2D eigenvalue weighted by Crippen LogP contribution is -2.39. The van der Waals surface area contributed by atoms with Crippen molar-refractivity contribution in [3.63, 3.8) is 0 Å². The van der Waals surface area contributed by atoms with E-state index in [1.54, 1.807) is 24.3 Å². The molecule has 0 aliphatic heterocycles. The van der Waals surface area contributed by atoms with Gasteiger partial charge in [-0.05, 0) is 24.1 Å². The molecule has 0 fully saturated rings. The van der Waals surface area contributed by atoms with E-state index in [0.29, 0.717) is 6.42 Å². The first kappa shape index (κ1) is 17.2. The van der Waals surface area contributed by atoms with Crippen LogP contribution in [0.5, 0.6) is 0 Å². The molecule has 0 saturated heterocycles. The zero-order valence-corrected chi connectivity index (χ0v) is 13.4. The summed E-state index contributed by atoms with van der Waals surface area (Å²) in [5.74, 6) is 0. The van der Waals surface area contributed by atoms with Crippen LogP contribution in [0.3, 0.4) is 0 Å². The van der Waals surface area contributed by atoms with Crippen molar-refractivity contribution >= 4 is 17.1 Å². The van der Waals surface area contributed by atoms with E-state index < -0.39 is 10.9 Å². The van der Waals surface area contributed by atoms with Crippen LogP contribution >= 0.6 is 0 Å². The minimum Gasteiger partial charge on any atom is -0.373 e. The third-order valence-corrected chi connectivity index (χ3v) is 3.66. The van der Waals surface area contributed by atoms with E-state index >= 15 is 0 Å². The average Bonchev–Trinajstić information content (AvgIpc) is 2.60. The Hall–Kier alpha value is -3.15. The summed E-state index contributed by atoms with van der Waals surface area (Å²) in [5, 5.41) is 5.79. The van der Waals surface area contributed by atoms with Crippen LogP contribution in [-0.2, 0) is 0 Å². The molecule has 0 unspecified atom stereocenters. The number of hydrogen-bond donors (Lipinski definition) is 3. The third kappa shape index (κ3) is 3.27. The van der Waals surface area contributed by atoms with Gasteiger partial charge in [0.1, 0.15) is 17.1 Å². The summed E-state index contributed by atoms with van der Waals surface area (Å²) >= 11 is 0. The molecule has 2 rings (SSSR count). The molecule has 0 amide bonds. The molecule has 0 aliphatic rings. The van der Waals surface area contributed by atoms with Gasteiger partial charge in [-0.2, -0.15) is 0 Å². The monoisotopic (exact) mass is 325 g/mol. The minimum absolute atomic E-state index is 0.0946. The van der Waals surface area contributed by atoms with Crippen molar-refractivity contribution < 1.29 is 0 Å². The second-order valence-electron chi connectivity index (χ2n) is 5.16. The summed E-state index contributed by atoms with van der Waals surface area (Å²) in [6, 6.07) is 2.96. The molecule has 0 radical (unpaired) electrons. The van der Waals surface area contributed by atoms with E-state index in [-0.39, 0.29) is 28.7 Å². The average molecular weight is 325 g/mol. The molecular formula is C18H19N3O3. The molecule has 3 N–H and O–H groups in total. The number of nitrogens with one attached hydrogen (secondary N) is 3. The Bertz CT molecular complexity index is 914. The van der Waals surface area contributed by atoms with Gasteiger partial charge in [0.2, 0.25) is 0 Å². The first-order valence-corrected chi connectivity index (χ1v) is 7.53. The van der Waals surface area contributed by atoms with E-state index in [0.717, 1.165) is 5.57 Å². The van der Waals surface area contributed by atoms with Crippen LogP contribution in [0.2, 0.25) is 0 Å². The van der Waals surface area contributed by atoms with Gasteiger partial charge in [-0.25, -0.2) is 0 Å². The minimum atomic E-state index is -0.650. The van der Waals surface area contributed by atoms with Crippen LogP contribution < -0.4 is 27.1 Å². The number of allylic oxidation sites excluding steroid dienone is 2. The standard InChI is InChI=1S/C18H19N3O3/c1-4-8-11(5-2)12(6-3)20-14-15(17(23)16(14)22)21-13-9-7-10-19-18(13)24/h4-5,7-10,12,20-21H,1-2,6H2,3H3,(H,19,24)/b11-8+/t12-/m1/s1. The fraction of sp³-hybridized carbons (Fsp3) is 0.167. The first-order chi connectivity index (χ1) is 11.5. The van der Waals surface area contributed by atoms with Gasteiger partial charge in [0, 0.05) is 6.20 Å². The van der Waals surface area contributed by atoms with Crippen LogP contribution in [0.25, 0.3) is 0 Å². The highest BCUT2D eigenvalue weighted by atomic mass is 16.2. The van der Waals surface area contributed by atoms with Crippen molar-refractivity contribution in [3.05, 3.63) is 86.1 Å². The molecular weight excluding hydrogens is 306 g/mol. The number of aromatic nitrogens is 1. The lowest BCUT2D eigenvalue weighted by atomic mass is 10.0. The highest BCUT2D eigenvalue weighted by molar-refractivity contribution is 5.79. The smallest absolute Gasteiger partial charge is 0.271 e. The Morgan fingerprint density at radius 3 is 2.54 bits per heavy atom. The van der Waals surface area contributed by atoms with Gasteiger partial charge >= 0.3 is 0 Å². The molecule has 1 aromatic carbocycles. The summed E-state index contributed by atoms with van der Waals surface area (Å²) in [6.45, 7) is 9.34. The number of rotatable bonds is 8. The molecule has 0 spiro atoms. The largest absolute Gasteiger partial charge is 0.373 e. The van der Waals surface area contributed by atoms with Crippen LogP contribution in [0.4, 0.5) is 17.1 Å². The fourth-order valence-electron chi connectivity index (χ4n) is 2.36. The second kappa shape index (κ2) is 7.41. The maximum atomic E-state index is 11.9. The van der Waals surface area contributed by atoms with Crippen molar-refractivity contribution in [2.45, 2.75) is 19.4 Å². The Morgan fingerprint density at radius 2 is 1.96 bits per heavy atom. The summed E-state index contributed by atoms with van der Waals surface area (Å²) < 4.78 is 0. The highest BCUT2D eigenvalue weighted by Gasteiger charge is 2.24. The van der Waals surface area contributed by atoms with Crippen molar-refractivity contribution in [2.24, 2.45) is 0 Å². The normalized spacial score (nSPS) is 12.6. The quantitative estimate of drug-likeness (QED) is 0.511. The van der Waals surface area contributed by atoms with Gasteiger partial charge in [-0.3, -0.25) is 14.4 Å². The van der Waals surface area contributed by atoms with Gasteiger partial charge in [0.15, 0.2) is 0 Å². The van der Waals surface area contributed by atoms with E-state index in [1.165, 1.54) is 12.3 Å². The van der Waals surface area contributed by atoms with Crippen molar-refractivity contribution in [2.75, 3.05) is 10.6 Å². The van der Waals surface area contributed by atoms with Gasteiger partial charge in [0.25, 0.3) is 16.4 Å². The van der Waals surface area contributed by atoms with Crippen molar-refractivity contribution in [1.82, 2.24) is 4.98 Å². The summed E-state index contributed by atoms with van der Waals surface area (Å²) in [7, 11) is 0. The van der Waals surface area contributed by atoms with Gasteiger partial charge in [-0.15, -0.1) is 0 Å². The molecule has 124 valence electrons. The Balaban J connectivity index is 2.33. The number of hydrogen-bond acceptors (Lipinski definition) is 5. The zero-order valence-electron chi connectivity index (χ0n) is 13.4. The van der Waals surface area contributed by atoms with E-state index in [4.69, 9.17) is 0 Å². The van der Waals surface area contributed by atoms with Crippen LogP contribution in [0, 0.1) is 0 Å². The van der Waals surface area contributed by atoms with E-state index in [9.17, 15) is 14.4 Å². The van der Waals surface area contributed by atoms with Crippen LogP contribution in [0.15, 0.2) is 69.7 Å². The van der Waals surface area contributed by atoms with Gasteiger partial charge in [0.05, 0.1) is 6.04 Å². The SMILES string of the molecule is C=C/C=C(\C=C)[C@@H](CC)Nc1c(Nc2ccc[nH]c2=O)c(=O)c1=O. The zero-order chi connectivity index (χ0) is 17.7. The van der Waals surface area contributed by atoms with Gasteiger partial charge in [-0.1, -0.05) is 38.3 Å². The fourth-order valence-corrected chi connectivity index (χ4v) is 2.36. The molecule has 1 atom stereocenters. The maximum absolute atomic E-state index is 11.9. The molecule has 24 heavy (non-hydrogen) atoms. The molecule has 1 heterocycles. The number of aromatic amines is 1. The Labute approximate surface area is 138 Å². The third-order valence-electron chi connectivity index (χ3n) is 3.66. The predicted molar refractivity (Wildman–Crippen MR) is 97.9 cm³/mol. The lowest BCUT2D eigenvalue weighted by molar-refractivity contribution is 0.802. The molecule has 6 nitrogen and oxygen atoms in total. The second-order valence-corrected chi connectivity index (χ2v) is 5.16. The van der Waals surface area contributed by atoms with Gasteiger partial charge < -0.3 is 15.6 Å². The lowest BCUT2D eigenvalue weighted by Gasteiger charge is -2.22. The Kier molecular flexibility index (Phi) is 5.31. The van der Waals surface area contributed by atoms with Crippen molar-refractivity contribution in [3.8, 4) is 0 Å². The molecule has 6 heteroatoms. The highest BCUT2D eigenvalue weighted by Crippen LogP contribution is 2.22. The summed E-state index contributed by atoms with van der Waals surface area (Å²) in [4.78, 5) is 38.0. The molecule has 0 bridgehead atoms. The molecule has 2 aromatic rings. The summed E-state index contributed by atoms with van der Waals surface area (Å²) in [5.41, 5.74) is -0.310. The Morgan fingerprint density at radius 1 is 1.25 bits per heavy atom. The number of H-pyrrole nitrogens is 1. The maximum Gasteiger partial charge on any atom is 0.271 e. The number of anilines is 3. The van der Waals surface area contributed by atoms with E-state index in [1.807, 2.05) is 6.92 Å². The van der Waals surface area contributed by atoms with Crippen molar-refractivity contribution in [1.29, 1.82) is 0 Å². The topological polar surface area (TPSA) is 91.1 Å². The molecule has 0 aliphatic carbocycles. The van der Waals surface area contributed by atoms with Crippen LogP contribution in [-0.4, -0.2) is 11.0 Å².